The van der Waals surface area contributed by atoms with Crippen LogP contribution in [0.5, 0.6) is 11.5 Å². The number of rotatable bonds is 5. The van der Waals surface area contributed by atoms with Gasteiger partial charge >= 0.3 is 6.61 Å². The first kappa shape index (κ1) is 20.3. The topological polar surface area (TPSA) is 78.6 Å². The van der Waals surface area contributed by atoms with Gasteiger partial charge in [0.15, 0.2) is 0 Å². The minimum atomic E-state index is -3.76. The largest absolute Gasteiger partial charge is 0.480 e. The zero-order valence-corrected chi connectivity index (χ0v) is 16.8. The number of hydrogen-bond donors (Lipinski definition) is 1. The first-order chi connectivity index (χ1) is 14.2. The van der Waals surface area contributed by atoms with Gasteiger partial charge in [-0.2, -0.15) is 8.78 Å². The van der Waals surface area contributed by atoms with Gasteiger partial charge in [-0.3, -0.25) is 0 Å². The summed E-state index contributed by atoms with van der Waals surface area (Å²) in [5.74, 6) is 0.0670. The predicted octanol–water partition coefficient (Wildman–Crippen LogP) is 4.53. The van der Waals surface area contributed by atoms with E-state index in [-0.39, 0.29) is 11.5 Å². The van der Waals surface area contributed by atoms with E-state index >= 15 is 0 Å². The second kappa shape index (κ2) is 7.70. The Morgan fingerprint density at radius 3 is 2.47 bits per heavy atom. The average molecular weight is 431 g/mol. The molecule has 3 aromatic rings. The molecule has 1 atom stereocenters. The van der Waals surface area contributed by atoms with E-state index in [0.29, 0.717) is 33.6 Å². The van der Waals surface area contributed by atoms with Crippen LogP contribution >= 0.6 is 0 Å². The van der Waals surface area contributed by atoms with Gasteiger partial charge in [-0.1, -0.05) is 48.5 Å². The fourth-order valence-corrected chi connectivity index (χ4v) is 4.57. The van der Waals surface area contributed by atoms with Crippen molar-refractivity contribution in [3.8, 4) is 22.6 Å². The number of sulfonamides is 1. The molecule has 0 amide bonds. The summed E-state index contributed by atoms with van der Waals surface area (Å²) in [6.07, 6.45) is -0.545. The molecule has 0 saturated carbocycles. The molecule has 1 aliphatic rings. The van der Waals surface area contributed by atoms with Crippen molar-refractivity contribution in [2.75, 3.05) is 0 Å². The van der Waals surface area contributed by atoms with Crippen LogP contribution in [0.3, 0.4) is 0 Å². The van der Waals surface area contributed by atoms with Gasteiger partial charge in [-0.25, -0.2) is 13.6 Å². The fraction of sp³-hybridized carbons (Fsp3) is 0.182. The second-order valence-corrected chi connectivity index (χ2v) is 8.65. The van der Waals surface area contributed by atoms with Crippen LogP contribution in [-0.4, -0.2) is 15.0 Å². The highest BCUT2D eigenvalue weighted by Gasteiger charge is 2.32. The summed E-state index contributed by atoms with van der Waals surface area (Å²) in [4.78, 5) is 0. The second-order valence-electron chi connectivity index (χ2n) is 7.03. The molecule has 1 heterocycles. The van der Waals surface area contributed by atoms with Crippen LogP contribution in [0.15, 0.2) is 60.7 Å². The molecule has 0 saturated heterocycles. The molecule has 30 heavy (non-hydrogen) atoms. The Hall–Kier alpha value is -2.97. The van der Waals surface area contributed by atoms with Crippen molar-refractivity contribution < 1.29 is 26.7 Å². The molecular weight excluding hydrogens is 412 g/mol. The molecule has 1 unspecified atom stereocenters. The van der Waals surface area contributed by atoms with Crippen molar-refractivity contribution in [1.29, 1.82) is 0 Å². The lowest BCUT2D eigenvalue weighted by Gasteiger charge is -2.32. The van der Waals surface area contributed by atoms with E-state index in [1.807, 2.05) is 30.3 Å². The van der Waals surface area contributed by atoms with E-state index in [2.05, 4.69) is 0 Å². The number of primary sulfonamides is 1. The van der Waals surface area contributed by atoms with Gasteiger partial charge in [-0.05, 0) is 41.3 Å². The Morgan fingerprint density at radius 2 is 1.80 bits per heavy atom. The third-order valence-corrected chi connectivity index (χ3v) is 5.78. The summed E-state index contributed by atoms with van der Waals surface area (Å²) in [5, 5.41) is 5.25. The van der Waals surface area contributed by atoms with Crippen LogP contribution in [0.4, 0.5) is 8.78 Å². The van der Waals surface area contributed by atoms with E-state index in [9.17, 15) is 17.2 Å². The Bertz CT molecular complexity index is 1200. The van der Waals surface area contributed by atoms with Gasteiger partial charge in [0.2, 0.25) is 10.0 Å². The van der Waals surface area contributed by atoms with E-state index in [1.54, 1.807) is 31.2 Å². The van der Waals surface area contributed by atoms with E-state index in [0.717, 1.165) is 5.56 Å². The number of ether oxygens (including phenoxy) is 2. The Balaban J connectivity index is 1.97. The molecule has 2 N–H and O–H groups in total. The SMILES string of the molecule is Cc1c(CS(N)(=O)=O)ccc2c1C(c1ccccc1)Oc1cccc(OC(F)F)c1-2. The minimum absolute atomic E-state index is 0.00569. The molecule has 5 nitrogen and oxygen atoms in total. The maximum atomic E-state index is 13.0. The number of hydrogen-bond acceptors (Lipinski definition) is 4. The molecule has 0 radical (unpaired) electrons. The minimum Gasteiger partial charge on any atom is -0.480 e. The normalized spacial score (nSPS) is 15.3. The van der Waals surface area contributed by atoms with Crippen molar-refractivity contribution in [3.63, 3.8) is 0 Å². The Labute approximate surface area is 173 Å². The average Bonchev–Trinajstić information content (AvgIpc) is 2.68. The lowest BCUT2D eigenvalue weighted by molar-refractivity contribution is -0.0496. The molecule has 3 aromatic carbocycles. The smallest absolute Gasteiger partial charge is 0.387 e. The highest BCUT2D eigenvalue weighted by atomic mass is 32.2. The van der Waals surface area contributed by atoms with Crippen LogP contribution < -0.4 is 14.6 Å². The highest BCUT2D eigenvalue weighted by molar-refractivity contribution is 7.88. The van der Waals surface area contributed by atoms with Crippen molar-refractivity contribution in [2.45, 2.75) is 25.4 Å². The van der Waals surface area contributed by atoms with Crippen LogP contribution in [0.2, 0.25) is 0 Å². The monoisotopic (exact) mass is 431 g/mol. The number of halogens is 2. The zero-order valence-electron chi connectivity index (χ0n) is 16.0. The third kappa shape index (κ3) is 3.88. The molecule has 0 fully saturated rings. The lowest BCUT2D eigenvalue weighted by Crippen LogP contribution is -2.20. The van der Waals surface area contributed by atoms with E-state index in [4.69, 9.17) is 14.6 Å². The standard InChI is InChI=1S/C22H19F2NO4S/c1-13-15(12-30(25,26)27)10-11-16-19(13)21(14-6-3-2-4-7-14)28-17-8-5-9-18(20(16)17)29-22(23)24/h2-11,21-22H,12H2,1H3,(H2,25,26,27). The highest BCUT2D eigenvalue weighted by Crippen LogP contribution is 2.50. The maximum absolute atomic E-state index is 13.0. The van der Waals surface area contributed by atoms with Gasteiger partial charge in [0.1, 0.15) is 17.6 Å². The van der Waals surface area contributed by atoms with Crippen molar-refractivity contribution in [1.82, 2.24) is 0 Å². The molecule has 1 aliphatic heterocycles. The van der Waals surface area contributed by atoms with Gasteiger partial charge in [-0.15, -0.1) is 0 Å². The van der Waals surface area contributed by atoms with Crippen LogP contribution in [0.25, 0.3) is 11.1 Å². The molecule has 0 aromatic heterocycles. The molecule has 0 aliphatic carbocycles. The fourth-order valence-electron chi connectivity index (χ4n) is 3.82. The molecular formula is C22H19F2NO4S. The summed E-state index contributed by atoms with van der Waals surface area (Å²) < 4.78 is 60.3. The van der Waals surface area contributed by atoms with Gasteiger partial charge < -0.3 is 9.47 Å². The molecule has 156 valence electrons. The molecule has 4 rings (SSSR count). The molecule has 8 heteroatoms. The zero-order chi connectivity index (χ0) is 21.5. The quantitative estimate of drug-likeness (QED) is 0.644. The summed E-state index contributed by atoms with van der Waals surface area (Å²) >= 11 is 0. The van der Waals surface area contributed by atoms with E-state index < -0.39 is 22.7 Å². The predicted molar refractivity (Wildman–Crippen MR) is 109 cm³/mol. The van der Waals surface area contributed by atoms with Crippen molar-refractivity contribution >= 4 is 10.0 Å². The van der Waals surface area contributed by atoms with Crippen molar-refractivity contribution in [3.05, 3.63) is 82.9 Å². The van der Waals surface area contributed by atoms with E-state index in [1.165, 1.54) is 6.07 Å². The Kier molecular flexibility index (Phi) is 5.21. The van der Waals surface area contributed by atoms with Crippen LogP contribution in [0.1, 0.15) is 28.4 Å². The number of alkyl halides is 2. The lowest BCUT2D eigenvalue weighted by atomic mass is 9.84. The first-order valence-corrected chi connectivity index (χ1v) is 10.9. The first-order valence-electron chi connectivity index (χ1n) is 9.17. The summed E-state index contributed by atoms with van der Waals surface area (Å²) in [5.41, 5.74) is 3.80. The Morgan fingerprint density at radius 1 is 1.07 bits per heavy atom. The number of fused-ring (bicyclic) bond motifs is 3. The number of benzene rings is 3. The molecule has 0 spiro atoms. The van der Waals surface area contributed by atoms with Gasteiger partial charge in [0, 0.05) is 5.56 Å². The summed E-state index contributed by atoms with van der Waals surface area (Å²) in [6.45, 7) is -1.21. The van der Waals surface area contributed by atoms with Gasteiger partial charge in [0.25, 0.3) is 0 Å². The maximum Gasteiger partial charge on any atom is 0.387 e. The summed E-state index contributed by atoms with van der Waals surface area (Å²) in [7, 11) is -3.76. The summed E-state index contributed by atoms with van der Waals surface area (Å²) in [6, 6.07) is 17.5. The van der Waals surface area contributed by atoms with Crippen LogP contribution in [-0.2, 0) is 15.8 Å². The van der Waals surface area contributed by atoms with Gasteiger partial charge in [0.05, 0.1) is 11.3 Å². The van der Waals surface area contributed by atoms with Crippen LogP contribution in [0, 0.1) is 6.92 Å². The number of nitrogens with two attached hydrogens (primary N) is 1. The third-order valence-electron chi connectivity index (χ3n) is 5.07. The van der Waals surface area contributed by atoms with Crippen molar-refractivity contribution in [2.24, 2.45) is 5.14 Å². The molecule has 0 bridgehead atoms.